The maximum atomic E-state index is 11.8. The van der Waals surface area contributed by atoms with E-state index in [0.29, 0.717) is 13.0 Å². The molecule has 1 aliphatic rings. The van der Waals surface area contributed by atoms with E-state index >= 15 is 0 Å². The molecule has 1 amide bonds. The molecule has 2 N–H and O–H groups in total. The van der Waals surface area contributed by atoms with Gasteiger partial charge in [-0.2, -0.15) is 0 Å². The molecule has 7 nitrogen and oxygen atoms in total. The Morgan fingerprint density at radius 1 is 1.27 bits per heavy atom. The summed E-state index contributed by atoms with van der Waals surface area (Å²) in [6.07, 6.45) is 2.17. The van der Waals surface area contributed by atoms with E-state index in [4.69, 9.17) is 5.14 Å². The van der Waals surface area contributed by atoms with Crippen LogP contribution in [-0.4, -0.2) is 47.5 Å². The third-order valence-electron chi connectivity index (χ3n) is 3.78. The first-order valence-corrected chi connectivity index (χ1v) is 8.54. The Labute approximate surface area is 128 Å². The van der Waals surface area contributed by atoms with Crippen LogP contribution in [0, 0.1) is 0 Å². The van der Waals surface area contributed by atoms with Gasteiger partial charge in [-0.3, -0.25) is 9.78 Å². The first kappa shape index (κ1) is 14.9. The molecular weight excluding hydrogens is 304 g/mol. The molecule has 116 valence electrons. The van der Waals surface area contributed by atoms with Crippen LogP contribution in [0.3, 0.4) is 0 Å². The monoisotopic (exact) mass is 320 g/mol. The summed E-state index contributed by atoms with van der Waals surface area (Å²) in [5, 5.41) is 4.30. The number of benzene rings is 1. The zero-order valence-corrected chi connectivity index (χ0v) is 12.7. The van der Waals surface area contributed by atoms with Crippen LogP contribution in [0.1, 0.15) is 12.1 Å². The van der Waals surface area contributed by atoms with Crippen LogP contribution < -0.4 is 5.14 Å². The fourth-order valence-electron chi connectivity index (χ4n) is 2.54. The summed E-state index contributed by atoms with van der Waals surface area (Å²) in [4.78, 5) is 22.2. The van der Waals surface area contributed by atoms with Crippen molar-refractivity contribution in [1.29, 1.82) is 0 Å². The Kier molecular flexibility index (Phi) is 3.79. The molecule has 1 fully saturated rings. The quantitative estimate of drug-likeness (QED) is 0.857. The number of para-hydroxylation sites is 2. The molecule has 1 atom stereocenters. The number of rotatable bonds is 4. The lowest BCUT2D eigenvalue weighted by molar-refractivity contribution is -0.127. The number of likely N-dealkylation sites (tertiary alicyclic amines) is 1. The molecule has 1 unspecified atom stereocenters. The maximum Gasteiger partial charge on any atom is 0.224 e. The number of fused-ring (bicyclic) bond motifs is 1. The molecule has 8 heteroatoms. The Morgan fingerprint density at radius 2 is 2.00 bits per heavy atom. The third-order valence-corrected chi connectivity index (χ3v) is 5.02. The largest absolute Gasteiger partial charge is 0.341 e. The van der Waals surface area contributed by atoms with Gasteiger partial charge in [0.1, 0.15) is 5.25 Å². The zero-order valence-electron chi connectivity index (χ0n) is 11.8. The van der Waals surface area contributed by atoms with Crippen LogP contribution >= 0.6 is 0 Å². The molecule has 0 saturated carbocycles. The van der Waals surface area contributed by atoms with Gasteiger partial charge in [0, 0.05) is 32.1 Å². The average Bonchev–Trinajstić information content (AvgIpc) is 2.86. The van der Waals surface area contributed by atoms with Gasteiger partial charge in [-0.05, 0) is 12.1 Å². The molecule has 1 saturated heterocycles. The molecule has 0 aliphatic carbocycles. The molecule has 2 aromatic rings. The number of aromatic nitrogens is 2. The van der Waals surface area contributed by atoms with E-state index in [2.05, 4.69) is 9.97 Å². The summed E-state index contributed by atoms with van der Waals surface area (Å²) in [5.41, 5.74) is 2.39. The van der Waals surface area contributed by atoms with E-state index in [9.17, 15) is 13.2 Å². The van der Waals surface area contributed by atoms with E-state index in [0.717, 1.165) is 16.7 Å². The maximum absolute atomic E-state index is 11.8. The highest BCUT2D eigenvalue weighted by Gasteiger charge is 2.36. The highest BCUT2D eigenvalue weighted by Crippen LogP contribution is 2.17. The minimum Gasteiger partial charge on any atom is -0.341 e. The van der Waals surface area contributed by atoms with Crippen molar-refractivity contribution in [2.24, 2.45) is 5.14 Å². The number of sulfonamides is 1. The average molecular weight is 320 g/mol. The second-order valence-corrected chi connectivity index (χ2v) is 7.20. The van der Waals surface area contributed by atoms with Crippen LogP contribution in [-0.2, 0) is 21.2 Å². The van der Waals surface area contributed by atoms with Crippen molar-refractivity contribution in [2.45, 2.75) is 18.1 Å². The summed E-state index contributed by atoms with van der Waals surface area (Å²) >= 11 is 0. The van der Waals surface area contributed by atoms with Crippen LogP contribution in [0.5, 0.6) is 0 Å². The van der Waals surface area contributed by atoms with Crippen molar-refractivity contribution in [3.63, 3.8) is 0 Å². The van der Waals surface area contributed by atoms with E-state index in [1.54, 1.807) is 6.20 Å². The summed E-state index contributed by atoms with van der Waals surface area (Å²) in [7, 11) is -3.67. The lowest BCUT2D eigenvalue weighted by Crippen LogP contribution is -2.33. The van der Waals surface area contributed by atoms with Gasteiger partial charge in [-0.1, -0.05) is 12.1 Å². The third kappa shape index (κ3) is 3.07. The molecule has 2 heterocycles. The fraction of sp³-hybridized carbons (Fsp3) is 0.357. The number of carbonyl (C=O) groups is 1. The van der Waals surface area contributed by atoms with Gasteiger partial charge < -0.3 is 4.90 Å². The van der Waals surface area contributed by atoms with Gasteiger partial charge in [0.25, 0.3) is 0 Å². The van der Waals surface area contributed by atoms with E-state index in [1.807, 2.05) is 24.3 Å². The van der Waals surface area contributed by atoms with Crippen molar-refractivity contribution in [2.75, 3.05) is 13.1 Å². The topological polar surface area (TPSA) is 106 Å². The van der Waals surface area contributed by atoms with Gasteiger partial charge in [-0.25, -0.2) is 18.5 Å². The Morgan fingerprint density at radius 3 is 2.68 bits per heavy atom. The van der Waals surface area contributed by atoms with Gasteiger partial charge in [-0.15, -0.1) is 0 Å². The number of amides is 1. The van der Waals surface area contributed by atoms with Crippen molar-refractivity contribution in [3.05, 3.63) is 36.2 Å². The van der Waals surface area contributed by atoms with E-state index < -0.39 is 15.3 Å². The van der Waals surface area contributed by atoms with Gasteiger partial charge in [0.15, 0.2) is 0 Å². The molecule has 0 spiro atoms. The molecule has 3 rings (SSSR count). The predicted molar refractivity (Wildman–Crippen MR) is 81.3 cm³/mol. The summed E-state index contributed by atoms with van der Waals surface area (Å²) < 4.78 is 22.6. The van der Waals surface area contributed by atoms with Gasteiger partial charge in [0.05, 0.1) is 16.7 Å². The molecule has 22 heavy (non-hydrogen) atoms. The predicted octanol–water partition coefficient (Wildman–Crippen LogP) is 0.0617. The number of hydrogen-bond donors (Lipinski definition) is 1. The lowest BCUT2D eigenvalue weighted by atomic mass is 10.2. The standard InChI is InChI=1S/C14H16N4O3S/c15-22(20,21)11-7-14(19)18(9-11)6-5-10-8-16-12-3-1-2-4-13(12)17-10/h1-4,8,11H,5-7,9H2,(H2,15,20,21). The second-order valence-electron chi connectivity index (χ2n) is 5.35. The summed E-state index contributed by atoms with van der Waals surface area (Å²) in [5.74, 6) is -0.187. The minimum absolute atomic E-state index is 0.0395. The minimum atomic E-state index is -3.67. The molecule has 0 radical (unpaired) electrons. The number of primary sulfonamides is 1. The van der Waals surface area contributed by atoms with Crippen LogP contribution in [0.15, 0.2) is 30.5 Å². The van der Waals surface area contributed by atoms with Crippen molar-refractivity contribution in [1.82, 2.24) is 14.9 Å². The Bertz CT molecular complexity index is 822. The highest BCUT2D eigenvalue weighted by molar-refractivity contribution is 7.89. The molecule has 1 aliphatic heterocycles. The summed E-state index contributed by atoms with van der Waals surface area (Å²) in [6, 6.07) is 7.55. The summed E-state index contributed by atoms with van der Waals surface area (Å²) in [6.45, 7) is 0.566. The first-order valence-electron chi connectivity index (χ1n) is 6.93. The van der Waals surface area contributed by atoms with Crippen molar-refractivity contribution >= 4 is 27.0 Å². The zero-order chi connectivity index (χ0) is 15.7. The van der Waals surface area contributed by atoms with E-state index in [-0.39, 0.29) is 18.9 Å². The van der Waals surface area contributed by atoms with Crippen LogP contribution in [0.4, 0.5) is 0 Å². The Balaban J connectivity index is 1.68. The van der Waals surface area contributed by atoms with Crippen LogP contribution in [0.25, 0.3) is 11.0 Å². The van der Waals surface area contributed by atoms with Crippen LogP contribution in [0.2, 0.25) is 0 Å². The molecule has 1 aromatic carbocycles. The van der Waals surface area contributed by atoms with Crippen molar-refractivity contribution < 1.29 is 13.2 Å². The van der Waals surface area contributed by atoms with Gasteiger partial charge in [0.2, 0.25) is 15.9 Å². The first-order chi connectivity index (χ1) is 10.4. The normalized spacial score (nSPS) is 19.0. The molecular formula is C14H16N4O3S. The Hall–Kier alpha value is -2.06. The van der Waals surface area contributed by atoms with Gasteiger partial charge >= 0.3 is 0 Å². The number of nitrogens with zero attached hydrogens (tertiary/aromatic N) is 3. The lowest BCUT2D eigenvalue weighted by Gasteiger charge is -2.15. The van der Waals surface area contributed by atoms with E-state index in [1.165, 1.54) is 4.90 Å². The molecule has 0 bridgehead atoms. The SMILES string of the molecule is NS(=O)(=O)C1CC(=O)N(CCc2cnc3ccccc3n2)C1. The molecule has 1 aromatic heterocycles. The van der Waals surface area contributed by atoms with Crippen molar-refractivity contribution in [3.8, 4) is 0 Å². The smallest absolute Gasteiger partial charge is 0.224 e. The number of nitrogens with two attached hydrogens (primary N) is 1. The second kappa shape index (κ2) is 5.62. The number of hydrogen-bond acceptors (Lipinski definition) is 5. The highest BCUT2D eigenvalue weighted by atomic mass is 32.2. The number of carbonyl (C=O) groups excluding carboxylic acids is 1. The fourth-order valence-corrected chi connectivity index (χ4v) is 3.30.